The third kappa shape index (κ3) is 3.09. The first-order valence-electron chi connectivity index (χ1n) is 12.9. The van der Waals surface area contributed by atoms with Crippen LogP contribution in [0.2, 0.25) is 3.72 Å². The minimum Gasteiger partial charge on any atom is -1.00 e. The van der Waals surface area contributed by atoms with Crippen LogP contribution in [0.25, 0.3) is 0 Å². The normalized spacial score (nSPS) is 21.3. The molecule has 0 N–H and O–H groups in total. The Kier molecular flexibility index (Phi) is 7.68. The van der Waals surface area contributed by atoms with Gasteiger partial charge in [-0.1, -0.05) is 0 Å². The van der Waals surface area contributed by atoms with Crippen LogP contribution in [-0.4, -0.2) is 0 Å². The van der Waals surface area contributed by atoms with Crippen molar-refractivity contribution in [3.05, 3.63) is 131 Å². The molecule has 37 heavy (non-hydrogen) atoms. The number of fused-ring (bicyclic) bond motifs is 1. The molecule has 0 nitrogen and oxygen atoms in total. The van der Waals surface area contributed by atoms with E-state index in [1.807, 2.05) is 0 Å². The van der Waals surface area contributed by atoms with Crippen molar-refractivity contribution in [2.75, 3.05) is 0 Å². The molecular formula is C33H34Cl2PTi. The third-order valence-electron chi connectivity index (χ3n) is 9.87. The zero-order chi connectivity index (χ0) is 24.3. The molecule has 0 radical (unpaired) electrons. The van der Waals surface area contributed by atoms with E-state index in [9.17, 15) is 0 Å². The fourth-order valence-electron chi connectivity index (χ4n) is 8.62. The maximum absolute atomic E-state index is 4.37. The summed E-state index contributed by atoms with van der Waals surface area (Å²) in [4.78, 5) is 0. The van der Waals surface area contributed by atoms with E-state index in [1.165, 1.54) is 12.0 Å². The second-order valence-corrected chi connectivity index (χ2v) is 21.3. The monoisotopic (exact) mass is 579 g/mol. The molecule has 2 aliphatic rings. The minimum atomic E-state index is -4.37. The van der Waals surface area contributed by atoms with Gasteiger partial charge in [-0.05, 0) is 0 Å². The van der Waals surface area contributed by atoms with Crippen LogP contribution in [0.15, 0.2) is 131 Å². The van der Waals surface area contributed by atoms with Gasteiger partial charge in [-0.25, -0.2) is 0 Å². The standard InChI is InChI=1S/C11H15.3C6H5.C4H4P.2ClH.Ti/c1-6-5-10-8(3)7(2)9(4)11(6)10;3*1-2-4-6-5-3-1;1-2-4-5-3-1;;;/h6H,5H2,1-4H3;3*1-5H;1-3,5H;2*1H;/q;;;;;;;+2/p-2. The Balaban J connectivity index is 0.00000160. The van der Waals surface area contributed by atoms with E-state index in [0.717, 1.165) is 0 Å². The van der Waals surface area contributed by atoms with E-state index in [0.29, 0.717) is 14.1 Å². The quantitative estimate of drug-likeness (QED) is 0.308. The Morgan fingerprint density at radius 1 is 0.649 bits per heavy atom. The van der Waals surface area contributed by atoms with Crippen molar-refractivity contribution in [2.45, 2.75) is 37.8 Å². The summed E-state index contributed by atoms with van der Waals surface area (Å²) in [5.41, 5.74) is 6.41. The Hall–Kier alpha value is -1.79. The zero-order valence-electron chi connectivity index (χ0n) is 21.9. The number of hydrogen-bond acceptors (Lipinski definition) is 0. The molecule has 0 spiro atoms. The maximum atomic E-state index is 2.54. The molecule has 3 atom stereocenters. The van der Waals surface area contributed by atoms with E-state index >= 15 is 0 Å². The average molecular weight is 580 g/mol. The first-order valence-corrected chi connectivity index (χ1v) is 17.8. The molecule has 4 heteroatoms. The second-order valence-electron chi connectivity index (χ2n) is 10.7. The van der Waals surface area contributed by atoms with Crippen LogP contribution in [0.5, 0.6) is 0 Å². The van der Waals surface area contributed by atoms with Crippen molar-refractivity contribution in [3.8, 4) is 0 Å². The summed E-state index contributed by atoms with van der Waals surface area (Å²) >= 11 is -4.37. The number of allylic oxidation sites excluding steroid dienone is 4. The van der Waals surface area contributed by atoms with Gasteiger partial charge in [0.15, 0.2) is 0 Å². The van der Waals surface area contributed by atoms with Crippen molar-refractivity contribution in [2.24, 2.45) is 5.92 Å². The first-order chi connectivity index (χ1) is 17.0. The van der Waals surface area contributed by atoms with Crippen LogP contribution in [-0.2, 0) is 15.3 Å². The third-order valence-corrected chi connectivity index (χ3v) is 26.7. The average Bonchev–Trinajstić information content (AvgIpc) is 3.50. The molecule has 6 rings (SSSR count). The molecule has 2 aliphatic carbocycles. The molecule has 4 aromatic rings. The Morgan fingerprint density at radius 3 is 1.46 bits per heavy atom. The van der Waals surface area contributed by atoms with Gasteiger partial charge < -0.3 is 24.8 Å². The minimum absolute atomic E-state index is 0. The number of halogens is 2. The largest absolute Gasteiger partial charge is 1.00 e. The predicted octanol–water partition coefficient (Wildman–Crippen LogP) is 0.882. The Bertz CT molecular complexity index is 1340. The summed E-state index contributed by atoms with van der Waals surface area (Å²) in [6.45, 7) is 9.80. The second kappa shape index (κ2) is 10.1. The van der Waals surface area contributed by atoms with Crippen molar-refractivity contribution >= 4 is 23.4 Å². The van der Waals surface area contributed by atoms with Crippen LogP contribution in [0.1, 0.15) is 34.1 Å². The van der Waals surface area contributed by atoms with Crippen molar-refractivity contribution in [1.82, 2.24) is 0 Å². The maximum Gasteiger partial charge on any atom is -1.00 e. The summed E-state index contributed by atoms with van der Waals surface area (Å²) < 4.78 is 6.41. The van der Waals surface area contributed by atoms with Gasteiger partial charge in [-0.15, -0.1) is 0 Å². The van der Waals surface area contributed by atoms with Gasteiger partial charge in [-0.3, -0.25) is 0 Å². The molecule has 1 saturated carbocycles. The predicted molar refractivity (Wildman–Crippen MR) is 151 cm³/mol. The summed E-state index contributed by atoms with van der Waals surface area (Å²) in [6, 6.07) is 40.0. The molecule has 0 saturated heterocycles. The Labute approximate surface area is 237 Å². The van der Waals surface area contributed by atoms with Gasteiger partial charge in [0, 0.05) is 0 Å². The topological polar surface area (TPSA) is 0 Å². The van der Waals surface area contributed by atoms with Crippen LogP contribution in [0.3, 0.4) is 0 Å². The van der Waals surface area contributed by atoms with Gasteiger partial charge in [-0.2, -0.15) is 0 Å². The molecule has 3 aromatic carbocycles. The van der Waals surface area contributed by atoms with Gasteiger partial charge >= 0.3 is 214 Å². The Morgan fingerprint density at radius 2 is 1.11 bits per heavy atom. The fraction of sp³-hybridized carbons (Fsp3) is 0.212. The molecule has 3 unspecified atom stereocenters. The van der Waals surface area contributed by atoms with E-state index in [4.69, 9.17) is 0 Å². The van der Waals surface area contributed by atoms with Crippen LogP contribution in [0, 0.1) is 5.92 Å². The fourth-order valence-corrected chi connectivity index (χ4v) is 28.9. The van der Waals surface area contributed by atoms with Gasteiger partial charge in [0.2, 0.25) is 0 Å². The van der Waals surface area contributed by atoms with Crippen molar-refractivity contribution in [1.29, 1.82) is 0 Å². The zero-order valence-corrected chi connectivity index (χ0v) is 26.0. The number of rotatable bonds is 5. The van der Waals surface area contributed by atoms with Gasteiger partial charge in [0.25, 0.3) is 0 Å². The molecule has 0 bridgehead atoms. The van der Waals surface area contributed by atoms with Crippen molar-refractivity contribution < 1.29 is 40.1 Å². The molecule has 0 amide bonds. The molecule has 1 fully saturated rings. The summed E-state index contributed by atoms with van der Waals surface area (Å²) in [6.07, 6.45) is 1.20. The van der Waals surface area contributed by atoms with E-state index in [1.54, 1.807) is 31.9 Å². The van der Waals surface area contributed by atoms with Crippen molar-refractivity contribution in [3.63, 3.8) is 0 Å². The summed E-state index contributed by atoms with van der Waals surface area (Å²) in [7, 11) is 0.714. The van der Waals surface area contributed by atoms with E-state index < -0.39 is 15.3 Å². The van der Waals surface area contributed by atoms with E-state index in [-0.39, 0.29) is 28.5 Å². The first kappa shape index (κ1) is 28.2. The summed E-state index contributed by atoms with van der Waals surface area (Å²) in [5, 5.41) is 0. The van der Waals surface area contributed by atoms with E-state index in [2.05, 4.69) is 137 Å². The van der Waals surface area contributed by atoms with Crippen LogP contribution < -0.4 is 40.0 Å². The van der Waals surface area contributed by atoms with Crippen LogP contribution in [0.4, 0.5) is 0 Å². The molecular weight excluding hydrogens is 546 g/mol. The molecule has 1 aromatic heterocycles. The van der Waals surface area contributed by atoms with Gasteiger partial charge in [0.05, 0.1) is 0 Å². The SMILES string of the molecule is CC1=C(C)[C]2([Ti+2]([c]3ccccc3)([c]3ccccc3)([c]3ccccc3)[c]3ccc[pH]3)C(=C1C)CC2C.[Cl-].[Cl-]. The molecule has 1 heterocycles. The molecule has 189 valence electrons. The van der Waals surface area contributed by atoms with Gasteiger partial charge in [0.1, 0.15) is 0 Å². The van der Waals surface area contributed by atoms with Crippen LogP contribution >= 0.6 is 8.19 Å². The molecule has 0 aliphatic heterocycles. The summed E-state index contributed by atoms with van der Waals surface area (Å²) in [5.74, 6) is 3.00. The number of hydrogen-bond donors (Lipinski definition) is 0. The number of benzene rings is 3. The smallest absolute Gasteiger partial charge is 1.00 e.